The molecule has 0 bridgehead atoms. The molecule has 35 heavy (non-hydrogen) atoms. The Balaban J connectivity index is 0.000000363. The fraction of sp³-hybridized carbons (Fsp3) is 0.385. The Kier molecular flexibility index (Phi) is 7.69. The summed E-state index contributed by atoms with van der Waals surface area (Å²) in [5.41, 5.74) is 7.24. The summed E-state index contributed by atoms with van der Waals surface area (Å²) in [6.07, 6.45) is 0. The van der Waals surface area contributed by atoms with Gasteiger partial charge in [-0.05, 0) is 51.0 Å². The highest BCUT2D eigenvalue weighted by molar-refractivity contribution is 5.79. The summed E-state index contributed by atoms with van der Waals surface area (Å²) in [5, 5.41) is 0. The molecule has 0 radical (unpaired) electrons. The van der Waals surface area contributed by atoms with Crippen molar-refractivity contribution in [2.75, 3.05) is 13.1 Å². The van der Waals surface area contributed by atoms with Crippen LogP contribution in [0.4, 0.5) is 17.6 Å². The van der Waals surface area contributed by atoms with E-state index in [4.69, 9.17) is 5.73 Å². The van der Waals surface area contributed by atoms with E-state index < -0.39 is 23.0 Å². The average molecular weight is 491 g/mol. The Hall–Kier alpha value is -3.20. The van der Waals surface area contributed by atoms with Gasteiger partial charge in [-0.1, -0.05) is 31.5 Å². The fourth-order valence-electron chi connectivity index (χ4n) is 4.33. The summed E-state index contributed by atoms with van der Waals surface area (Å²) in [6.45, 7) is 10.4. The van der Waals surface area contributed by atoms with Crippen molar-refractivity contribution in [3.8, 4) is 11.3 Å². The number of carbonyl (C=O) groups excluding carboxylic acids is 1. The van der Waals surface area contributed by atoms with E-state index >= 15 is 0 Å². The molecular formula is C26H30F4N4O. The number of rotatable bonds is 3. The maximum absolute atomic E-state index is 13.8. The van der Waals surface area contributed by atoms with Crippen molar-refractivity contribution >= 4 is 5.91 Å². The molecule has 0 fully saturated rings. The molecule has 0 spiro atoms. The third kappa shape index (κ3) is 5.24. The second-order valence-corrected chi connectivity index (χ2v) is 9.33. The average Bonchev–Trinajstić information content (AvgIpc) is 3.20. The van der Waals surface area contributed by atoms with Crippen molar-refractivity contribution in [1.29, 1.82) is 0 Å². The normalized spacial score (nSPS) is 14.4. The van der Waals surface area contributed by atoms with Crippen LogP contribution in [0, 0.1) is 30.2 Å². The number of halogens is 4. The Labute approximate surface area is 202 Å². The number of imidazole rings is 1. The number of hydrogen-bond donors (Lipinski definition) is 1. The first-order valence-electron chi connectivity index (χ1n) is 11.4. The maximum atomic E-state index is 13.8. The minimum absolute atomic E-state index is 0.00462. The van der Waals surface area contributed by atoms with Gasteiger partial charge in [-0.2, -0.15) is 0 Å². The SMILES string of the molecule is CC(C)c1c(-c2cc(F)c(F)c(F)c2)nc2n1CCN(C(=O)CN)C2(C)C.Cc1ccc(F)cc1. The molecule has 2 N–H and O–H groups in total. The molecule has 2 heterocycles. The second-order valence-electron chi connectivity index (χ2n) is 9.33. The van der Waals surface area contributed by atoms with Crippen molar-refractivity contribution < 1.29 is 22.4 Å². The summed E-state index contributed by atoms with van der Waals surface area (Å²) in [5.74, 6) is -3.77. The lowest BCUT2D eigenvalue weighted by Crippen LogP contribution is -2.53. The zero-order chi connectivity index (χ0) is 26.1. The molecule has 9 heteroatoms. The smallest absolute Gasteiger partial charge is 0.237 e. The van der Waals surface area contributed by atoms with Crippen LogP contribution in [0.3, 0.4) is 0 Å². The maximum Gasteiger partial charge on any atom is 0.237 e. The van der Waals surface area contributed by atoms with Crippen LogP contribution in [-0.2, 0) is 16.9 Å². The third-order valence-electron chi connectivity index (χ3n) is 6.07. The molecule has 0 atom stereocenters. The van der Waals surface area contributed by atoms with Gasteiger partial charge in [0.25, 0.3) is 0 Å². The van der Waals surface area contributed by atoms with E-state index in [2.05, 4.69) is 4.98 Å². The topological polar surface area (TPSA) is 64.2 Å². The number of hydrogen-bond acceptors (Lipinski definition) is 3. The van der Waals surface area contributed by atoms with Gasteiger partial charge in [0, 0.05) is 24.3 Å². The number of fused-ring (bicyclic) bond motifs is 1. The molecule has 3 aromatic rings. The third-order valence-corrected chi connectivity index (χ3v) is 6.07. The minimum atomic E-state index is -1.51. The number of carbonyl (C=O) groups is 1. The lowest BCUT2D eigenvalue weighted by molar-refractivity contribution is -0.137. The van der Waals surface area contributed by atoms with Gasteiger partial charge in [-0.3, -0.25) is 4.79 Å². The zero-order valence-corrected chi connectivity index (χ0v) is 20.5. The van der Waals surface area contributed by atoms with Crippen LogP contribution in [0.15, 0.2) is 36.4 Å². The van der Waals surface area contributed by atoms with Gasteiger partial charge in [0.05, 0.1) is 17.8 Å². The van der Waals surface area contributed by atoms with E-state index in [1.807, 2.05) is 39.2 Å². The summed E-state index contributed by atoms with van der Waals surface area (Å²) in [7, 11) is 0. The van der Waals surface area contributed by atoms with Crippen molar-refractivity contribution in [3.05, 3.63) is 76.7 Å². The molecule has 1 aliphatic heterocycles. The van der Waals surface area contributed by atoms with E-state index in [0.717, 1.165) is 23.4 Å². The van der Waals surface area contributed by atoms with Crippen LogP contribution < -0.4 is 5.73 Å². The summed E-state index contributed by atoms with van der Waals surface area (Å²) < 4.78 is 55.0. The standard InChI is InChI=1S/C19H23F3N4O.C7H7F/c1-10(2)17-16(11-7-12(20)15(22)13(21)8-11)24-18-19(3,4)26(14(27)9-23)6-5-25(17)18;1-6-2-4-7(8)5-3-6/h7-8,10H,5-6,9,23H2,1-4H3;2-5H,1H3. The molecule has 5 nitrogen and oxygen atoms in total. The van der Waals surface area contributed by atoms with Crippen LogP contribution in [0.25, 0.3) is 11.3 Å². The number of nitrogens with two attached hydrogens (primary N) is 1. The monoisotopic (exact) mass is 490 g/mol. The molecule has 188 valence electrons. The summed E-state index contributed by atoms with van der Waals surface area (Å²) in [6, 6.07) is 8.30. The first-order chi connectivity index (χ1) is 16.4. The molecule has 1 aliphatic rings. The van der Waals surface area contributed by atoms with E-state index in [1.165, 1.54) is 12.1 Å². The van der Waals surface area contributed by atoms with Gasteiger partial charge in [-0.25, -0.2) is 22.5 Å². The van der Waals surface area contributed by atoms with E-state index in [0.29, 0.717) is 24.6 Å². The zero-order valence-electron chi connectivity index (χ0n) is 20.5. The molecule has 0 saturated heterocycles. The van der Waals surface area contributed by atoms with E-state index in [9.17, 15) is 22.4 Å². The summed E-state index contributed by atoms with van der Waals surface area (Å²) in [4.78, 5) is 18.5. The predicted octanol–water partition coefficient (Wildman–Crippen LogP) is 5.26. The van der Waals surface area contributed by atoms with Gasteiger partial charge in [0.2, 0.25) is 5.91 Å². The van der Waals surface area contributed by atoms with Crippen LogP contribution in [0.5, 0.6) is 0 Å². The lowest BCUT2D eigenvalue weighted by atomic mass is 9.98. The largest absolute Gasteiger partial charge is 0.327 e. The number of aromatic nitrogens is 2. The quantitative estimate of drug-likeness (QED) is 0.402. The van der Waals surface area contributed by atoms with Gasteiger partial charge in [-0.15, -0.1) is 0 Å². The highest BCUT2D eigenvalue weighted by atomic mass is 19.2. The number of benzene rings is 2. The van der Waals surface area contributed by atoms with Crippen LogP contribution in [0.1, 0.15) is 50.7 Å². The molecular weight excluding hydrogens is 460 g/mol. The number of amides is 1. The van der Waals surface area contributed by atoms with Crippen molar-refractivity contribution in [1.82, 2.24) is 14.5 Å². The molecule has 0 unspecified atom stereocenters. The van der Waals surface area contributed by atoms with Crippen molar-refractivity contribution in [2.24, 2.45) is 5.73 Å². The van der Waals surface area contributed by atoms with Crippen LogP contribution in [0.2, 0.25) is 0 Å². The predicted molar refractivity (Wildman–Crippen MR) is 127 cm³/mol. The number of aryl methyl sites for hydroxylation is 1. The molecule has 1 aromatic heterocycles. The Morgan fingerprint density at radius 1 is 1.06 bits per heavy atom. The Morgan fingerprint density at radius 3 is 2.11 bits per heavy atom. The molecule has 0 aliphatic carbocycles. The highest BCUT2D eigenvalue weighted by Crippen LogP contribution is 2.39. The van der Waals surface area contributed by atoms with Crippen LogP contribution >= 0.6 is 0 Å². The minimum Gasteiger partial charge on any atom is -0.327 e. The molecule has 0 saturated carbocycles. The van der Waals surface area contributed by atoms with Gasteiger partial charge in [0.15, 0.2) is 17.5 Å². The van der Waals surface area contributed by atoms with Gasteiger partial charge in [0.1, 0.15) is 11.6 Å². The Bertz CT molecular complexity index is 1170. The first-order valence-corrected chi connectivity index (χ1v) is 11.4. The first kappa shape index (κ1) is 26.4. The summed E-state index contributed by atoms with van der Waals surface area (Å²) >= 11 is 0. The van der Waals surface area contributed by atoms with E-state index in [1.54, 1.807) is 17.0 Å². The highest BCUT2D eigenvalue weighted by Gasteiger charge is 2.41. The molecule has 4 rings (SSSR count). The fourth-order valence-corrected chi connectivity index (χ4v) is 4.33. The Morgan fingerprint density at radius 2 is 1.63 bits per heavy atom. The van der Waals surface area contributed by atoms with Gasteiger partial charge >= 0.3 is 0 Å². The molecule has 2 aromatic carbocycles. The van der Waals surface area contributed by atoms with Crippen molar-refractivity contribution in [3.63, 3.8) is 0 Å². The van der Waals surface area contributed by atoms with Crippen molar-refractivity contribution in [2.45, 2.75) is 52.6 Å². The number of nitrogens with zero attached hydrogens (tertiary/aromatic N) is 3. The second kappa shape index (κ2) is 10.2. The lowest BCUT2D eigenvalue weighted by Gasteiger charge is -2.42. The van der Waals surface area contributed by atoms with Gasteiger partial charge < -0.3 is 15.2 Å². The van der Waals surface area contributed by atoms with E-state index in [-0.39, 0.29) is 29.8 Å². The molecule has 1 amide bonds. The van der Waals surface area contributed by atoms with Crippen LogP contribution in [-0.4, -0.2) is 33.4 Å².